The molecular weight excluding hydrogens is 292 g/mol. The molecule has 1 aromatic rings. The minimum atomic E-state index is -0.0793. The Morgan fingerprint density at radius 2 is 2.00 bits per heavy atom. The van der Waals surface area contributed by atoms with Gasteiger partial charge in [-0.2, -0.15) is 11.8 Å². The minimum Gasteiger partial charge on any atom is -0.351 e. The van der Waals surface area contributed by atoms with E-state index in [4.69, 9.17) is 11.6 Å². The highest BCUT2D eigenvalue weighted by Gasteiger charge is 2.25. The van der Waals surface area contributed by atoms with Gasteiger partial charge in [0.25, 0.3) is 5.91 Å². The summed E-state index contributed by atoms with van der Waals surface area (Å²) in [5.41, 5.74) is 1.42. The Labute approximate surface area is 130 Å². The van der Waals surface area contributed by atoms with E-state index in [1.54, 1.807) is 12.1 Å². The predicted octanol–water partition coefficient (Wildman–Crippen LogP) is 3.95. The number of hydrogen-bond acceptors (Lipinski definition) is 3. The first-order valence-electron chi connectivity index (χ1n) is 7.00. The lowest BCUT2D eigenvalue weighted by molar-refractivity contribution is 0.0948. The highest BCUT2D eigenvalue weighted by molar-refractivity contribution is 8.00. The second-order valence-electron chi connectivity index (χ2n) is 4.80. The van der Waals surface area contributed by atoms with E-state index in [9.17, 15) is 4.79 Å². The van der Waals surface area contributed by atoms with E-state index < -0.39 is 0 Å². The number of carbonyl (C=O) groups excluding carboxylic acids is 1. The molecule has 0 aromatic carbocycles. The highest BCUT2D eigenvalue weighted by Crippen LogP contribution is 2.29. The molecule has 1 N–H and O–H groups in total. The maximum absolute atomic E-state index is 12.3. The summed E-state index contributed by atoms with van der Waals surface area (Å²) in [5.74, 6) is -0.0793. The van der Waals surface area contributed by atoms with Gasteiger partial charge < -0.3 is 5.32 Å². The average Bonchev–Trinajstić information content (AvgIpc) is 2.48. The summed E-state index contributed by atoms with van der Waals surface area (Å²) in [5, 5.41) is 3.40. The lowest BCUT2D eigenvalue weighted by Crippen LogP contribution is -2.39. The first-order chi connectivity index (χ1) is 9.50. The molecule has 0 atom stereocenters. The van der Waals surface area contributed by atoms with Crippen LogP contribution in [0.5, 0.6) is 0 Å². The predicted molar refractivity (Wildman–Crippen MR) is 87.8 cm³/mol. The molecule has 0 bridgehead atoms. The van der Waals surface area contributed by atoms with Gasteiger partial charge in [0.05, 0.1) is 0 Å². The molecule has 5 heteroatoms. The molecule has 3 nitrogen and oxygen atoms in total. The Morgan fingerprint density at radius 3 is 2.50 bits per heavy atom. The van der Waals surface area contributed by atoms with Crippen LogP contribution in [0.4, 0.5) is 0 Å². The molecule has 0 aliphatic carbocycles. The maximum atomic E-state index is 12.3. The number of hydrogen-bond donors (Lipinski definition) is 1. The molecule has 1 aromatic heterocycles. The molecule has 1 heterocycles. The van der Waals surface area contributed by atoms with Crippen LogP contribution in [0.1, 0.15) is 49.7 Å². The van der Waals surface area contributed by atoms with E-state index in [1.165, 1.54) is 0 Å². The zero-order valence-corrected chi connectivity index (χ0v) is 14.2. The van der Waals surface area contributed by atoms with Crippen LogP contribution in [0.2, 0.25) is 5.15 Å². The maximum Gasteiger partial charge on any atom is 0.251 e. The van der Waals surface area contributed by atoms with Crippen LogP contribution >= 0.6 is 23.4 Å². The SMILES string of the molecule is CCc1cc(C(=O)NCC(CC)(CC)SC)cc(Cl)n1. The summed E-state index contributed by atoms with van der Waals surface area (Å²) in [4.78, 5) is 16.4. The quantitative estimate of drug-likeness (QED) is 0.775. The first-order valence-corrected chi connectivity index (χ1v) is 8.60. The highest BCUT2D eigenvalue weighted by atomic mass is 35.5. The van der Waals surface area contributed by atoms with E-state index in [1.807, 2.05) is 18.7 Å². The fourth-order valence-electron chi connectivity index (χ4n) is 2.07. The topological polar surface area (TPSA) is 42.0 Å². The largest absolute Gasteiger partial charge is 0.351 e. The van der Waals surface area contributed by atoms with Gasteiger partial charge >= 0.3 is 0 Å². The third-order valence-electron chi connectivity index (χ3n) is 3.76. The van der Waals surface area contributed by atoms with Crippen molar-refractivity contribution in [3.8, 4) is 0 Å². The Morgan fingerprint density at radius 1 is 1.35 bits per heavy atom. The summed E-state index contributed by atoms with van der Waals surface area (Å²) in [7, 11) is 0. The Bertz CT molecular complexity index is 453. The molecule has 0 spiro atoms. The van der Waals surface area contributed by atoms with E-state index in [0.29, 0.717) is 17.3 Å². The van der Waals surface area contributed by atoms with Gasteiger partial charge in [0.15, 0.2) is 0 Å². The molecule has 1 rings (SSSR count). The first kappa shape index (κ1) is 17.3. The van der Waals surface area contributed by atoms with Crippen LogP contribution in [0.25, 0.3) is 0 Å². The van der Waals surface area contributed by atoms with E-state index in [0.717, 1.165) is 25.0 Å². The number of aromatic nitrogens is 1. The molecule has 0 saturated carbocycles. The summed E-state index contributed by atoms with van der Waals surface area (Å²) in [6, 6.07) is 3.43. The van der Waals surface area contributed by atoms with Gasteiger partial charge in [-0.25, -0.2) is 4.98 Å². The normalized spacial score (nSPS) is 11.4. The lowest BCUT2D eigenvalue weighted by atomic mass is 10.0. The molecule has 0 saturated heterocycles. The van der Waals surface area contributed by atoms with Gasteiger partial charge in [0, 0.05) is 22.5 Å². The van der Waals surface area contributed by atoms with Crippen molar-refractivity contribution in [2.45, 2.75) is 44.8 Å². The summed E-state index contributed by atoms with van der Waals surface area (Å²) >= 11 is 7.76. The van der Waals surface area contributed by atoms with Crippen molar-refractivity contribution in [1.82, 2.24) is 10.3 Å². The number of carbonyl (C=O) groups is 1. The van der Waals surface area contributed by atoms with Crippen molar-refractivity contribution in [3.05, 3.63) is 28.5 Å². The van der Waals surface area contributed by atoms with Gasteiger partial charge in [-0.15, -0.1) is 0 Å². The molecule has 0 aliphatic rings. The number of nitrogens with one attached hydrogen (secondary N) is 1. The van der Waals surface area contributed by atoms with E-state index >= 15 is 0 Å². The fraction of sp³-hybridized carbons (Fsp3) is 0.600. The molecule has 112 valence electrons. The molecule has 0 unspecified atom stereocenters. The second-order valence-corrected chi connectivity index (χ2v) is 6.46. The molecular formula is C15H23ClN2OS. The van der Waals surface area contributed by atoms with Crippen molar-refractivity contribution in [2.75, 3.05) is 12.8 Å². The Kier molecular flexibility index (Phi) is 6.83. The van der Waals surface area contributed by atoms with Crippen molar-refractivity contribution in [3.63, 3.8) is 0 Å². The Balaban J connectivity index is 2.79. The molecule has 0 aliphatic heterocycles. The third-order valence-corrected chi connectivity index (χ3v) is 5.55. The number of thioether (sulfide) groups is 1. The smallest absolute Gasteiger partial charge is 0.251 e. The van der Waals surface area contributed by atoms with Crippen LogP contribution in [0, 0.1) is 0 Å². The fourth-order valence-corrected chi connectivity index (χ4v) is 3.09. The molecule has 20 heavy (non-hydrogen) atoms. The number of halogens is 1. The van der Waals surface area contributed by atoms with Crippen molar-refractivity contribution < 1.29 is 4.79 Å². The molecule has 1 amide bonds. The van der Waals surface area contributed by atoms with E-state index in [-0.39, 0.29) is 10.7 Å². The summed E-state index contributed by atoms with van der Waals surface area (Å²) < 4.78 is 0.111. The van der Waals surface area contributed by atoms with Crippen LogP contribution in [0.3, 0.4) is 0 Å². The van der Waals surface area contributed by atoms with Crippen LogP contribution in [0.15, 0.2) is 12.1 Å². The van der Waals surface area contributed by atoms with E-state index in [2.05, 4.69) is 30.4 Å². The van der Waals surface area contributed by atoms with Gasteiger partial charge in [-0.05, 0) is 37.7 Å². The van der Waals surface area contributed by atoms with Crippen LogP contribution in [-0.2, 0) is 6.42 Å². The van der Waals surface area contributed by atoms with Crippen LogP contribution < -0.4 is 5.32 Å². The van der Waals surface area contributed by atoms with Crippen molar-refractivity contribution in [2.24, 2.45) is 0 Å². The third kappa shape index (κ3) is 4.38. The van der Waals surface area contributed by atoms with Crippen molar-refractivity contribution in [1.29, 1.82) is 0 Å². The minimum absolute atomic E-state index is 0.0793. The lowest BCUT2D eigenvalue weighted by Gasteiger charge is -2.29. The number of rotatable bonds is 7. The average molecular weight is 315 g/mol. The van der Waals surface area contributed by atoms with Gasteiger partial charge in [-0.1, -0.05) is 32.4 Å². The molecule has 0 fully saturated rings. The Hall–Kier alpha value is -0.740. The summed E-state index contributed by atoms with van der Waals surface area (Å²) in [6.07, 6.45) is 4.92. The van der Waals surface area contributed by atoms with Gasteiger partial charge in [0.1, 0.15) is 5.15 Å². The monoisotopic (exact) mass is 314 g/mol. The number of nitrogens with zero attached hydrogens (tertiary/aromatic N) is 1. The summed E-state index contributed by atoms with van der Waals surface area (Å²) in [6.45, 7) is 6.98. The number of pyridine rings is 1. The number of aryl methyl sites for hydroxylation is 1. The zero-order valence-electron chi connectivity index (χ0n) is 12.6. The number of amides is 1. The molecule has 0 radical (unpaired) electrons. The second kappa shape index (κ2) is 7.89. The van der Waals surface area contributed by atoms with Gasteiger partial charge in [-0.3, -0.25) is 4.79 Å². The van der Waals surface area contributed by atoms with Gasteiger partial charge in [0.2, 0.25) is 0 Å². The zero-order chi connectivity index (χ0) is 15.2. The standard InChI is InChI=1S/C15H23ClN2OS/c1-5-12-8-11(9-13(16)18-12)14(19)17-10-15(6-2,7-3)20-4/h8-9H,5-7,10H2,1-4H3,(H,17,19). The van der Waals surface area contributed by atoms with Crippen LogP contribution in [-0.4, -0.2) is 28.4 Å². The van der Waals surface area contributed by atoms with Crippen molar-refractivity contribution >= 4 is 29.3 Å².